The summed E-state index contributed by atoms with van der Waals surface area (Å²) >= 11 is 0. The highest BCUT2D eigenvalue weighted by Crippen LogP contribution is 2.28. The zero-order valence-electron chi connectivity index (χ0n) is 7.88. The molecule has 78 valence electrons. The molecule has 2 fully saturated rings. The van der Waals surface area contributed by atoms with Gasteiger partial charge in [0.1, 0.15) is 0 Å². The zero-order valence-corrected chi connectivity index (χ0v) is 7.88. The fourth-order valence-corrected chi connectivity index (χ4v) is 1.75. The summed E-state index contributed by atoms with van der Waals surface area (Å²) in [4.78, 5) is 22.5. The molecule has 0 saturated carbocycles. The Morgan fingerprint density at radius 2 is 1.50 bits per heavy atom. The molecule has 1 spiro atoms. The summed E-state index contributed by atoms with van der Waals surface area (Å²) in [5.41, 5.74) is 0. The van der Waals surface area contributed by atoms with E-state index in [0.29, 0.717) is 25.9 Å². The molecule has 0 bridgehead atoms. The van der Waals surface area contributed by atoms with Crippen LogP contribution in [0.15, 0.2) is 0 Å². The molecule has 0 aromatic rings. The molecule has 0 atom stereocenters. The van der Waals surface area contributed by atoms with Crippen LogP contribution in [0.2, 0.25) is 0 Å². The largest absolute Gasteiger partial charge is 0.422 e. The van der Waals surface area contributed by atoms with E-state index in [9.17, 15) is 9.59 Å². The molecular weight excluding hydrogens is 186 g/mol. The zero-order chi connectivity index (χ0) is 10.0. The van der Waals surface area contributed by atoms with Gasteiger partial charge < -0.3 is 14.8 Å². The highest BCUT2D eigenvalue weighted by atomic mass is 16.7. The summed E-state index contributed by atoms with van der Waals surface area (Å²) < 4.78 is 10.4. The van der Waals surface area contributed by atoms with Crippen LogP contribution in [0.1, 0.15) is 25.7 Å². The van der Waals surface area contributed by atoms with Gasteiger partial charge in [-0.15, -0.1) is 0 Å². The molecular formula is C9H13NO4. The summed E-state index contributed by atoms with van der Waals surface area (Å²) in [5, 5.41) is 3.12. The Kier molecular flexibility index (Phi) is 2.41. The second kappa shape index (κ2) is 3.57. The first kappa shape index (κ1) is 9.45. The summed E-state index contributed by atoms with van der Waals surface area (Å²) in [7, 11) is 0. The first-order valence-corrected chi connectivity index (χ1v) is 4.85. The number of hydrogen-bond donors (Lipinski definition) is 1. The Bertz CT molecular complexity index is 238. The van der Waals surface area contributed by atoms with Gasteiger partial charge in [0, 0.05) is 25.9 Å². The highest BCUT2D eigenvalue weighted by Gasteiger charge is 2.41. The average molecular weight is 199 g/mol. The lowest BCUT2D eigenvalue weighted by molar-refractivity contribution is -0.229. The summed E-state index contributed by atoms with van der Waals surface area (Å²) in [6, 6.07) is 0. The Balaban J connectivity index is 2.13. The number of nitrogens with one attached hydrogen (secondary N) is 1. The van der Waals surface area contributed by atoms with Crippen molar-refractivity contribution in [3.05, 3.63) is 0 Å². The van der Waals surface area contributed by atoms with Crippen LogP contribution >= 0.6 is 0 Å². The summed E-state index contributed by atoms with van der Waals surface area (Å²) in [6.07, 6.45) is 1.36. The molecule has 0 aliphatic carbocycles. The van der Waals surface area contributed by atoms with Crippen LogP contribution < -0.4 is 5.32 Å². The van der Waals surface area contributed by atoms with Crippen molar-refractivity contribution in [1.82, 2.24) is 5.32 Å². The molecule has 2 aliphatic heterocycles. The van der Waals surface area contributed by atoms with E-state index in [1.54, 1.807) is 0 Å². The second-order valence-electron chi connectivity index (χ2n) is 3.61. The predicted molar refractivity (Wildman–Crippen MR) is 46.3 cm³/mol. The lowest BCUT2D eigenvalue weighted by atomic mass is 10.1. The van der Waals surface area contributed by atoms with Gasteiger partial charge >= 0.3 is 11.9 Å². The van der Waals surface area contributed by atoms with Crippen molar-refractivity contribution in [2.45, 2.75) is 31.5 Å². The first-order chi connectivity index (χ1) is 6.70. The predicted octanol–water partition coefficient (Wildman–Crippen LogP) is -0.0537. The van der Waals surface area contributed by atoms with Crippen molar-refractivity contribution < 1.29 is 19.1 Å². The van der Waals surface area contributed by atoms with Crippen LogP contribution in [0.25, 0.3) is 0 Å². The van der Waals surface area contributed by atoms with Gasteiger partial charge in [-0.3, -0.25) is 9.59 Å². The first-order valence-electron chi connectivity index (χ1n) is 4.85. The lowest BCUT2D eigenvalue weighted by Crippen LogP contribution is -2.47. The minimum atomic E-state index is -0.976. The monoisotopic (exact) mass is 199 g/mol. The summed E-state index contributed by atoms with van der Waals surface area (Å²) in [5.74, 6) is -1.65. The van der Waals surface area contributed by atoms with E-state index in [-0.39, 0.29) is 24.8 Å². The average Bonchev–Trinajstić information content (AvgIpc) is 2.27. The van der Waals surface area contributed by atoms with E-state index in [1.165, 1.54) is 0 Å². The SMILES string of the molecule is O=C1CCC(=O)OC2(CCNCC2)O1. The topological polar surface area (TPSA) is 64.6 Å². The van der Waals surface area contributed by atoms with Crippen molar-refractivity contribution in [3.8, 4) is 0 Å². The maximum atomic E-state index is 11.2. The fraction of sp³-hybridized carbons (Fsp3) is 0.778. The van der Waals surface area contributed by atoms with E-state index in [4.69, 9.17) is 9.47 Å². The third-order valence-corrected chi connectivity index (χ3v) is 2.50. The third kappa shape index (κ3) is 1.87. The van der Waals surface area contributed by atoms with Gasteiger partial charge in [0.2, 0.25) is 0 Å². The quantitative estimate of drug-likeness (QED) is 0.554. The van der Waals surface area contributed by atoms with Gasteiger partial charge in [0.15, 0.2) is 0 Å². The lowest BCUT2D eigenvalue weighted by Gasteiger charge is -2.34. The van der Waals surface area contributed by atoms with Crippen LogP contribution in [-0.4, -0.2) is 30.8 Å². The van der Waals surface area contributed by atoms with E-state index in [1.807, 2.05) is 0 Å². The van der Waals surface area contributed by atoms with Crippen LogP contribution in [0, 0.1) is 0 Å². The Labute approximate surface area is 81.7 Å². The van der Waals surface area contributed by atoms with Crippen molar-refractivity contribution in [2.24, 2.45) is 0 Å². The van der Waals surface area contributed by atoms with E-state index in [0.717, 1.165) is 0 Å². The normalized spacial score (nSPS) is 26.6. The van der Waals surface area contributed by atoms with Gasteiger partial charge in [-0.05, 0) is 0 Å². The molecule has 2 aliphatic rings. The van der Waals surface area contributed by atoms with Crippen LogP contribution in [0.3, 0.4) is 0 Å². The number of carbonyl (C=O) groups is 2. The molecule has 2 saturated heterocycles. The van der Waals surface area contributed by atoms with Crippen LogP contribution in [0.5, 0.6) is 0 Å². The van der Waals surface area contributed by atoms with Crippen molar-refractivity contribution in [3.63, 3.8) is 0 Å². The van der Waals surface area contributed by atoms with E-state index in [2.05, 4.69) is 5.32 Å². The van der Waals surface area contributed by atoms with Gasteiger partial charge in [0.25, 0.3) is 5.79 Å². The molecule has 0 unspecified atom stereocenters. The Morgan fingerprint density at radius 1 is 1.00 bits per heavy atom. The number of hydrogen-bond acceptors (Lipinski definition) is 5. The maximum absolute atomic E-state index is 11.2. The third-order valence-electron chi connectivity index (χ3n) is 2.50. The number of ether oxygens (including phenoxy) is 2. The molecule has 2 rings (SSSR count). The van der Waals surface area contributed by atoms with E-state index >= 15 is 0 Å². The van der Waals surface area contributed by atoms with Gasteiger partial charge in [0.05, 0.1) is 12.8 Å². The van der Waals surface area contributed by atoms with Crippen molar-refractivity contribution in [2.75, 3.05) is 13.1 Å². The smallest absolute Gasteiger partial charge is 0.309 e. The Hall–Kier alpha value is -1.10. The van der Waals surface area contributed by atoms with Crippen molar-refractivity contribution >= 4 is 11.9 Å². The molecule has 0 amide bonds. The molecule has 0 aromatic heterocycles. The van der Waals surface area contributed by atoms with Crippen LogP contribution in [-0.2, 0) is 19.1 Å². The standard InChI is InChI=1S/C9H13NO4/c11-7-1-2-8(12)14-9(13-7)3-5-10-6-4-9/h10H,1-6H2. The van der Waals surface area contributed by atoms with Gasteiger partial charge in [-0.1, -0.05) is 0 Å². The Morgan fingerprint density at radius 3 is 2.00 bits per heavy atom. The maximum Gasteiger partial charge on any atom is 0.309 e. The number of carbonyl (C=O) groups excluding carboxylic acids is 2. The number of piperidine rings is 1. The minimum Gasteiger partial charge on any atom is -0.422 e. The van der Waals surface area contributed by atoms with Gasteiger partial charge in [-0.2, -0.15) is 0 Å². The molecule has 5 nitrogen and oxygen atoms in total. The van der Waals surface area contributed by atoms with Gasteiger partial charge in [-0.25, -0.2) is 0 Å². The number of esters is 2. The molecule has 5 heteroatoms. The highest BCUT2D eigenvalue weighted by molar-refractivity contribution is 5.79. The van der Waals surface area contributed by atoms with Crippen molar-refractivity contribution in [1.29, 1.82) is 0 Å². The molecule has 0 aromatic carbocycles. The van der Waals surface area contributed by atoms with Crippen LogP contribution in [0.4, 0.5) is 0 Å². The fourth-order valence-electron chi connectivity index (χ4n) is 1.75. The molecule has 14 heavy (non-hydrogen) atoms. The van der Waals surface area contributed by atoms with E-state index < -0.39 is 5.79 Å². The molecule has 2 heterocycles. The second-order valence-corrected chi connectivity index (χ2v) is 3.61. The minimum absolute atomic E-state index is 0.133. The molecule has 1 N–H and O–H groups in total. The molecule has 0 radical (unpaired) electrons. The summed E-state index contributed by atoms with van der Waals surface area (Å²) in [6.45, 7) is 1.42. The number of rotatable bonds is 0.